The van der Waals surface area contributed by atoms with E-state index in [2.05, 4.69) is 10.3 Å². The number of thiazole rings is 1. The van der Waals surface area contributed by atoms with Gasteiger partial charge in [0.1, 0.15) is 0 Å². The van der Waals surface area contributed by atoms with Gasteiger partial charge in [0.25, 0.3) is 0 Å². The predicted octanol–water partition coefficient (Wildman–Crippen LogP) is 5.44. The minimum absolute atomic E-state index is 0.0998. The number of carbonyl (C=O) groups excluding carboxylic acids is 1. The molecule has 170 valence electrons. The predicted molar refractivity (Wildman–Crippen MR) is 136 cm³/mol. The number of halogens is 1. The maximum atomic E-state index is 12.5. The Kier molecular flexibility index (Phi) is 6.81. The molecule has 0 aliphatic heterocycles. The zero-order valence-corrected chi connectivity index (χ0v) is 20.7. The van der Waals surface area contributed by atoms with Crippen molar-refractivity contribution in [1.82, 2.24) is 14.8 Å². The number of hydrogen-bond acceptors (Lipinski definition) is 5. The molecule has 1 amide bonds. The Morgan fingerprint density at radius 2 is 1.85 bits per heavy atom. The van der Waals surface area contributed by atoms with Crippen molar-refractivity contribution < 1.29 is 4.79 Å². The number of aromatic nitrogens is 3. The molecular weight excluding hydrogens is 454 g/mol. The van der Waals surface area contributed by atoms with Gasteiger partial charge >= 0.3 is 0 Å². The van der Waals surface area contributed by atoms with Crippen LogP contribution in [0.4, 0.5) is 11.4 Å². The third-order valence-corrected chi connectivity index (χ3v) is 6.73. The first-order valence-corrected chi connectivity index (χ1v) is 11.9. The molecule has 0 saturated heterocycles. The SMILES string of the molecule is Cc1nn(-c2nc(CC(=O)Nc3ccc(N(C)C)cc3)cs2)c(C)c1Cc1ccccc1Cl. The molecule has 0 aliphatic rings. The van der Waals surface area contributed by atoms with E-state index in [9.17, 15) is 4.79 Å². The highest BCUT2D eigenvalue weighted by Gasteiger charge is 2.17. The summed E-state index contributed by atoms with van der Waals surface area (Å²) >= 11 is 7.84. The molecule has 0 bridgehead atoms. The fraction of sp³-hybridized carbons (Fsp3) is 0.240. The molecule has 2 aromatic heterocycles. The van der Waals surface area contributed by atoms with Crippen molar-refractivity contribution in [2.75, 3.05) is 24.3 Å². The Balaban J connectivity index is 1.46. The molecule has 2 aromatic carbocycles. The minimum atomic E-state index is -0.0998. The van der Waals surface area contributed by atoms with Crippen LogP contribution in [-0.4, -0.2) is 34.8 Å². The number of nitrogens with one attached hydrogen (secondary N) is 1. The molecule has 4 aromatic rings. The van der Waals surface area contributed by atoms with Crippen molar-refractivity contribution in [3.05, 3.63) is 87.1 Å². The average Bonchev–Trinajstić information content (AvgIpc) is 3.35. The van der Waals surface area contributed by atoms with Crippen molar-refractivity contribution in [3.8, 4) is 5.13 Å². The smallest absolute Gasteiger partial charge is 0.230 e. The topological polar surface area (TPSA) is 63.1 Å². The lowest BCUT2D eigenvalue weighted by Crippen LogP contribution is -2.15. The van der Waals surface area contributed by atoms with Crippen LogP contribution in [0.2, 0.25) is 5.02 Å². The van der Waals surface area contributed by atoms with Crippen LogP contribution >= 0.6 is 22.9 Å². The molecule has 4 rings (SSSR count). The molecule has 0 atom stereocenters. The zero-order valence-electron chi connectivity index (χ0n) is 19.1. The average molecular weight is 480 g/mol. The van der Waals surface area contributed by atoms with Crippen LogP contribution in [0.3, 0.4) is 0 Å². The van der Waals surface area contributed by atoms with Gasteiger partial charge in [-0.2, -0.15) is 5.10 Å². The summed E-state index contributed by atoms with van der Waals surface area (Å²) < 4.78 is 1.85. The molecular formula is C25H26ClN5OS. The van der Waals surface area contributed by atoms with E-state index in [1.165, 1.54) is 11.3 Å². The number of rotatable bonds is 7. The molecule has 6 nitrogen and oxygen atoms in total. The summed E-state index contributed by atoms with van der Waals surface area (Å²) in [7, 11) is 3.96. The Bertz CT molecular complexity index is 1280. The van der Waals surface area contributed by atoms with E-state index in [-0.39, 0.29) is 12.3 Å². The van der Waals surface area contributed by atoms with Gasteiger partial charge in [0.05, 0.1) is 17.8 Å². The zero-order chi connectivity index (χ0) is 23.5. The summed E-state index contributed by atoms with van der Waals surface area (Å²) in [6.07, 6.45) is 0.919. The van der Waals surface area contributed by atoms with Gasteiger partial charge in [-0.1, -0.05) is 29.8 Å². The van der Waals surface area contributed by atoms with Crippen molar-refractivity contribution >= 4 is 40.2 Å². The van der Waals surface area contributed by atoms with Gasteiger partial charge in [-0.15, -0.1) is 11.3 Å². The third kappa shape index (κ3) is 5.26. The normalized spacial score (nSPS) is 10.9. The number of anilines is 2. The first-order chi connectivity index (χ1) is 15.8. The van der Waals surface area contributed by atoms with Crippen molar-refractivity contribution in [3.63, 3.8) is 0 Å². The quantitative estimate of drug-likeness (QED) is 0.383. The fourth-order valence-electron chi connectivity index (χ4n) is 3.64. The van der Waals surface area contributed by atoms with Gasteiger partial charge in [0.15, 0.2) is 0 Å². The fourth-order valence-corrected chi connectivity index (χ4v) is 4.66. The molecule has 8 heteroatoms. The van der Waals surface area contributed by atoms with Crippen LogP contribution < -0.4 is 10.2 Å². The molecule has 2 heterocycles. The highest BCUT2D eigenvalue weighted by atomic mass is 35.5. The Hall–Kier alpha value is -3.16. The van der Waals surface area contributed by atoms with Gasteiger partial charge < -0.3 is 10.2 Å². The lowest BCUT2D eigenvalue weighted by Gasteiger charge is -2.12. The van der Waals surface area contributed by atoms with Gasteiger partial charge in [0, 0.05) is 53.6 Å². The van der Waals surface area contributed by atoms with E-state index >= 15 is 0 Å². The minimum Gasteiger partial charge on any atom is -0.378 e. The van der Waals surface area contributed by atoms with E-state index in [0.717, 1.165) is 49.7 Å². The van der Waals surface area contributed by atoms with Crippen molar-refractivity contribution in [2.45, 2.75) is 26.7 Å². The molecule has 0 radical (unpaired) electrons. The first-order valence-electron chi connectivity index (χ1n) is 10.6. The highest BCUT2D eigenvalue weighted by Crippen LogP contribution is 2.26. The van der Waals surface area contributed by atoms with Crippen LogP contribution in [0.1, 0.15) is 28.2 Å². The van der Waals surface area contributed by atoms with Gasteiger partial charge in [0.2, 0.25) is 11.0 Å². The van der Waals surface area contributed by atoms with Crippen LogP contribution in [0.5, 0.6) is 0 Å². The number of aryl methyl sites for hydroxylation is 1. The van der Waals surface area contributed by atoms with Crippen molar-refractivity contribution in [1.29, 1.82) is 0 Å². The van der Waals surface area contributed by atoms with Gasteiger partial charge in [-0.05, 0) is 49.7 Å². The lowest BCUT2D eigenvalue weighted by atomic mass is 10.0. The summed E-state index contributed by atoms with van der Waals surface area (Å²) in [5.74, 6) is -0.0998. The summed E-state index contributed by atoms with van der Waals surface area (Å²) in [5.41, 5.74) is 6.75. The van der Waals surface area contributed by atoms with Crippen molar-refractivity contribution in [2.24, 2.45) is 0 Å². The second kappa shape index (κ2) is 9.77. The molecule has 0 saturated carbocycles. The summed E-state index contributed by atoms with van der Waals surface area (Å²) in [6, 6.07) is 15.6. The summed E-state index contributed by atoms with van der Waals surface area (Å²) in [5, 5.41) is 11.1. The van der Waals surface area contributed by atoms with Gasteiger partial charge in [-0.25, -0.2) is 9.67 Å². The van der Waals surface area contributed by atoms with E-state index in [1.54, 1.807) is 0 Å². The summed E-state index contributed by atoms with van der Waals surface area (Å²) in [6.45, 7) is 4.04. The van der Waals surface area contributed by atoms with Crippen LogP contribution in [-0.2, 0) is 17.6 Å². The molecule has 0 unspecified atom stereocenters. The highest BCUT2D eigenvalue weighted by molar-refractivity contribution is 7.12. The molecule has 0 aliphatic carbocycles. The van der Waals surface area contributed by atoms with E-state index in [4.69, 9.17) is 16.7 Å². The lowest BCUT2D eigenvalue weighted by molar-refractivity contribution is -0.115. The molecule has 0 spiro atoms. The monoisotopic (exact) mass is 479 g/mol. The maximum absolute atomic E-state index is 12.5. The van der Waals surface area contributed by atoms with Crippen LogP contribution in [0.15, 0.2) is 53.9 Å². The summed E-state index contributed by atoms with van der Waals surface area (Å²) in [4.78, 5) is 19.2. The third-order valence-electron chi connectivity index (χ3n) is 5.50. The van der Waals surface area contributed by atoms with Gasteiger partial charge in [-0.3, -0.25) is 4.79 Å². The van der Waals surface area contributed by atoms with Crippen LogP contribution in [0, 0.1) is 13.8 Å². The standard InChI is InChI=1S/C25H26ClN5OS/c1-16-22(13-18-7-5-6-8-23(18)26)17(2)31(29-16)25-28-20(15-33-25)14-24(32)27-19-9-11-21(12-10-19)30(3)4/h5-12,15H,13-14H2,1-4H3,(H,27,32). The van der Waals surface area contributed by atoms with E-state index in [0.29, 0.717) is 6.42 Å². The Labute approximate surface area is 202 Å². The number of carbonyl (C=O) groups is 1. The number of benzene rings is 2. The molecule has 0 fully saturated rings. The number of amides is 1. The molecule has 33 heavy (non-hydrogen) atoms. The largest absolute Gasteiger partial charge is 0.378 e. The Morgan fingerprint density at radius 1 is 1.12 bits per heavy atom. The molecule has 1 N–H and O–H groups in total. The number of nitrogens with zero attached hydrogens (tertiary/aromatic N) is 4. The first kappa shape index (κ1) is 23.0. The second-order valence-electron chi connectivity index (χ2n) is 8.12. The van der Waals surface area contributed by atoms with Crippen LogP contribution in [0.25, 0.3) is 5.13 Å². The second-order valence-corrected chi connectivity index (χ2v) is 9.36. The number of hydrogen-bond donors (Lipinski definition) is 1. The van der Waals surface area contributed by atoms with E-state index < -0.39 is 0 Å². The Morgan fingerprint density at radius 3 is 2.55 bits per heavy atom. The maximum Gasteiger partial charge on any atom is 0.230 e. The van der Waals surface area contributed by atoms with E-state index in [1.807, 2.05) is 91.4 Å².